The van der Waals surface area contributed by atoms with Crippen molar-refractivity contribution in [3.05, 3.63) is 48.0 Å². The number of fused-ring (bicyclic) bond motifs is 2. The van der Waals surface area contributed by atoms with E-state index >= 15 is 0 Å². The van der Waals surface area contributed by atoms with Crippen molar-refractivity contribution in [1.82, 2.24) is 10.2 Å². The molecular weight excluding hydrogens is 354 g/mol. The molecule has 28 heavy (non-hydrogen) atoms. The van der Waals surface area contributed by atoms with Crippen LogP contribution in [0.15, 0.2) is 42.5 Å². The van der Waals surface area contributed by atoms with E-state index in [4.69, 9.17) is 5.73 Å². The number of hydrogen-bond donors (Lipinski definition) is 2. The molecule has 146 valence electrons. The van der Waals surface area contributed by atoms with Gasteiger partial charge >= 0.3 is 0 Å². The average Bonchev–Trinajstić information content (AvgIpc) is 2.97. The van der Waals surface area contributed by atoms with E-state index in [9.17, 15) is 14.4 Å². The summed E-state index contributed by atoms with van der Waals surface area (Å²) in [5.74, 6) is -1.22. The Balaban J connectivity index is 1.45. The third-order valence-corrected chi connectivity index (χ3v) is 5.98. The van der Waals surface area contributed by atoms with Crippen molar-refractivity contribution in [1.29, 1.82) is 0 Å². The molecule has 3 N–H and O–H groups in total. The number of benzene rings is 2. The molecule has 2 aromatic rings. The molecule has 2 aromatic carbocycles. The zero-order chi connectivity index (χ0) is 19.7. The Hall–Kier alpha value is -2.73. The molecule has 3 amide bonds. The first kappa shape index (κ1) is 18.6. The van der Waals surface area contributed by atoms with Gasteiger partial charge in [-0.1, -0.05) is 49.2 Å². The third kappa shape index (κ3) is 3.40. The Labute approximate surface area is 164 Å². The van der Waals surface area contributed by atoms with E-state index < -0.39 is 0 Å². The van der Waals surface area contributed by atoms with Crippen molar-refractivity contribution in [3.8, 4) is 0 Å². The topological polar surface area (TPSA) is 92.5 Å². The van der Waals surface area contributed by atoms with Crippen molar-refractivity contribution in [2.24, 2.45) is 17.6 Å². The largest absolute Gasteiger partial charge is 0.346 e. The minimum atomic E-state index is -0.368. The van der Waals surface area contributed by atoms with Crippen LogP contribution >= 0.6 is 0 Å². The van der Waals surface area contributed by atoms with E-state index in [1.165, 1.54) is 0 Å². The van der Waals surface area contributed by atoms with Gasteiger partial charge in [0.25, 0.3) is 0 Å². The summed E-state index contributed by atoms with van der Waals surface area (Å²) < 4.78 is 0. The Kier molecular flexibility index (Phi) is 5.13. The summed E-state index contributed by atoms with van der Waals surface area (Å²) >= 11 is 0. The van der Waals surface area contributed by atoms with Crippen LogP contribution in [0.25, 0.3) is 10.8 Å². The molecule has 0 spiro atoms. The molecular formula is C22H25N3O3. The number of nitrogens with zero attached hydrogens (tertiary/aromatic N) is 1. The average molecular weight is 379 g/mol. The molecule has 2 fully saturated rings. The molecule has 4 rings (SSSR count). The second-order valence-electron chi connectivity index (χ2n) is 7.72. The third-order valence-electron chi connectivity index (χ3n) is 5.98. The number of nitrogens with two attached hydrogens (primary N) is 1. The summed E-state index contributed by atoms with van der Waals surface area (Å²) in [5.41, 5.74) is 6.80. The van der Waals surface area contributed by atoms with Gasteiger partial charge in [-0.05, 0) is 35.2 Å². The summed E-state index contributed by atoms with van der Waals surface area (Å²) in [6.45, 7) is 0.00592. The first-order valence-electron chi connectivity index (χ1n) is 9.92. The Bertz CT molecular complexity index is 902. The summed E-state index contributed by atoms with van der Waals surface area (Å²) in [7, 11) is 0. The van der Waals surface area contributed by atoms with E-state index in [1.54, 1.807) is 0 Å². The van der Waals surface area contributed by atoms with Gasteiger partial charge in [0.05, 0.1) is 17.9 Å². The Morgan fingerprint density at radius 1 is 1.04 bits per heavy atom. The van der Waals surface area contributed by atoms with Gasteiger partial charge in [0.2, 0.25) is 17.7 Å². The van der Waals surface area contributed by atoms with Crippen LogP contribution in [0.3, 0.4) is 0 Å². The SMILES string of the molecule is NCC(NC(=O)CN1C(=O)C2CCCCC2C1=O)c1ccc2ccccc2c1. The van der Waals surface area contributed by atoms with Crippen molar-refractivity contribution in [2.45, 2.75) is 31.7 Å². The molecule has 0 radical (unpaired) electrons. The van der Waals surface area contributed by atoms with Crippen molar-refractivity contribution >= 4 is 28.5 Å². The minimum Gasteiger partial charge on any atom is -0.346 e. The molecule has 0 bridgehead atoms. The highest BCUT2D eigenvalue weighted by Gasteiger charge is 2.48. The van der Waals surface area contributed by atoms with Gasteiger partial charge in [-0.25, -0.2) is 0 Å². The molecule has 0 aromatic heterocycles. The molecule has 3 unspecified atom stereocenters. The van der Waals surface area contributed by atoms with Crippen molar-refractivity contribution < 1.29 is 14.4 Å². The lowest BCUT2D eigenvalue weighted by Crippen LogP contribution is -2.43. The van der Waals surface area contributed by atoms with Crippen molar-refractivity contribution in [2.75, 3.05) is 13.1 Å². The van der Waals surface area contributed by atoms with E-state index in [2.05, 4.69) is 5.32 Å². The normalized spacial score (nSPS) is 23.0. The van der Waals surface area contributed by atoms with Gasteiger partial charge in [-0.3, -0.25) is 19.3 Å². The lowest BCUT2D eigenvalue weighted by Gasteiger charge is -2.20. The van der Waals surface area contributed by atoms with Crippen LogP contribution in [0.1, 0.15) is 37.3 Å². The fraction of sp³-hybridized carbons (Fsp3) is 0.409. The van der Waals surface area contributed by atoms with E-state index in [1.807, 2.05) is 42.5 Å². The van der Waals surface area contributed by atoms with E-state index in [0.29, 0.717) is 0 Å². The molecule has 1 aliphatic carbocycles. The molecule has 1 aliphatic heterocycles. The zero-order valence-corrected chi connectivity index (χ0v) is 15.8. The maximum atomic E-state index is 12.6. The molecule has 1 heterocycles. The highest BCUT2D eigenvalue weighted by Crippen LogP contribution is 2.37. The smallest absolute Gasteiger partial charge is 0.240 e. The number of amides is 3. The zero-order valence-electron chi connectivity index (χ0n) is 15.8. The predicted octanol–water partition coefficient (Wildman–Crippen LogP) is 2.13. The molecule has 3 atom stereocenters. The summed E-state index contributed by atoms with van der Waals surface area (Å²) in [4.78, 5) is 38.8. The second-order valence-corrected chi connectivity index (χ2v) is 7.72. The number of likely N-dealkylation sites (tertiary alicyclic amines) is 1. The lowest BCUT2D eigenvalue weighted by atomic mass is 9.81. The molecule has 2 aliphatic rings. The van der Waals surface area contributed by atoms with Crippen LogP contribution in [-0.2, 0) is 14.4 Å². The predicted molar refractivity (Wildman–Crippen MR) is 106 cm³/mol. The van der Waals surface area contributed by atoms with Crippen molar-refractivity contribution in [3.63, 3.8) is 0 Å². The summed E-state index contributed by atoms with van der Waals surface area (Å²) in [6.07, 6.45) is 3.43. The quantitative estimate of drug-likeness (QED) is 0.779. The fourth-order valence-electron chi connectivity index (χ4n) is 4.47. The van der Waals surface area contributed by atoms with Crippen LogP contribution in [-0.4, -0.2) is 35.7 Å². The van der Waals surface area contributed by atoms with E-state index in [0.717, 1.165) is 46.9 Å². The highest BCUT2D eigenvalue weighted by atomic mass is 16.2. The minimum absolute atomic E-state index is 0.195. The molecule has 6 nitrogen and oxygen atoms in total. The molecule has 1 saturated carbocycles. The molecule has 1 saturated heterocycles. The monoisotopic (exact) mass is 379 g/mol. The highest BCUT2D eigenvalue weighted by molar-refractivity contribution is 6.07. The Morgan fingerprint density at radius 2 is 1.68 bits per heavy atom. The summed E-state index contributed by atoms with van der Waals surface area (Å²) in [6, 6.07) is 13.6. The molecule has 6 heteroatoms. The summed E-state index contributed by atoms with van der Waals surface area (Å²) in [5, 5.41) is 5.07. The van der Waals surface area contributed by atoms with Crippen LogP contribution in [0.2, 0.25) is 0 Å². The number of carbonyl (C=O) groups excluding carboxylic acids is 3. The first-order valence-corrected chi connectivity index (χ1v) is 9.92. The maximum absolute atomic E-state index is 12.6. The number of imide groups is 1. The van der Waals surface area contributed by atoms with Gasteiger partial charge < -0.3 is 11.1 Å². The van der Waals surface area contributed by atoms with Gasteiger partial charge in [-0.2, -0.15) is 0 Å². The van der Waals surface area contributed by atoms with Gasteiger partial charge in [-0.15, -0.1) is 0 Å². The van der Waals surface area contributed by atoms with Crippen LogP contribution in [0.4, 0.5) is 0 Å². The fourth-order valence-corrected chi connectivity index (χ4v) is 4.47. The van der Waals surface area contributed by atoms with E-state index in [-0.39, 0.29) is 48.7 Å². The van der Waals surface area contributed by atoms with Crippen LogP contribution in [0, 0.1) is 11.8 Å². The van der Waals surface area contributed by atoms with Crippen LogP contribution in [0.5, 0.6) is 0 Å². The standard InChI is InChI=1S/C22H25N3O3/c23-12-19(16-10-9-14-5-1-2-6-15(14)11-16)24-20(26)13-25-21(27)17-7-3-4-8-18(17)22(25)28/h1-2,5-6,9-11,17-19H,3-4,7-8,12-13,23H2,(H,24,26). The van der Waals surface area contributed by atoms with Gasteiger partial charge in [0, 0.05) is 6.54 Å². The second kappa shape index (κ2) is 7.72. The van der Waals surface area contributed by atoms with Crippen LogP contribution < -0.4 is 11.1 Å². The number of hydrogen-bond acceptors (Lipinski definition) is 4. The number of rotatable bonds is 5. The maximum Gasteiger partial charge on any atom is 0.240 e. The number of nitrogens with one attached hydrogen (secondary N) is 1. The Morgan fingerprint density at radius 3 is 2.32 bits per heavy atom. The first-order chi connectivity index (χ1) is 13.6. The van der Waals surface area contributed by atoms with Gasteiger partial charge in [0.15, 0.2) is 0 Å². The lowest BCUT2D eigenvalue weighted by molar-refractivity contribution is -0.143. The number of carbonyl (C=O) groups is 3. The van der Waals surface area contributed by atoms with Gasteiger partial charge in [0.1, 0.15) is 6.54 Å².